The van der Waals surface area contributed by atoms with Crippen LogP contribution in [0.2, 0.25) is 0 Å². The van der Waals surface area contributed by atoms with Crippen molar-refractivity contribution in [1.82, 2.24) is 9.80 Å². The molecule has 1 aliphatic heterocycles. The maximum Gasteiger partial charge on any atom is 0.101 e. The highest BCUT2D eigenvalue weighted by Gasteiger charge is 2.24. The number of rotatable bonds is 31. The minimum atomic E-state index is 0.642. The molecule has 1 unspecified atom stereocenters. The van der Waals surface area contributed by atoms with Gasteiger partial charge >= 0.3 is 0 Å². The molecule has 1 atom stereocenters. The molecule has 0 amide bonds. The fourth-order valence-electron chi connectivity index (χ4n) is 6.36. The van der Waals surface area contributed by atoms with Gasteiger partial charge < -0.3 is 9.80 Å². The summed E-state index contributed by atoms with van der Waals surface area (Å²) in [6, 6.07) is 0. The van der Waals surface area contributed by atoms with Crippen molar-refractivity contribution in [2.75, 3.05) is 13.1 Å². The first kappa shape index (κ1) is 36.4. The second kappa shape index (κ2) is 28.9. The van der Waals surface area contributed by atoms with E-state index < -0.39 is 0 Å². The summed E-state index contributed by atoms with van der Waals surface area (Å²) in [4.78, 5) is 5.38. The van der Waals surface area contributed by atoms with Crippen molar-refractivity contribution in [3.8, 4) is 0 Å². The third-order valence-electron chi connectivity index (χ3n) is 9.07. The molecule has 1 aliphatic rings. The Labute approximate surface area is 248 Å². The molecular formula is C37H74N2. The van der Waals surface area contributed by atoms with Gasteiger partial charge in [0.25, 0.3) is 0 Å². The molecule has 0 bridgehead atoms. The van der Waals surface area contributed by atoms with Crippen molar-refractivity contribution < 1.29 is 0 Å². The van der Waals surface area contributed by atoms with Crippen molar-refractivity contribution in [3.63, 3.8) is 0 Å². The Morgan fingerprint density at radius 3 is 0.897 bits per heavy atom. The number of unbranched alkanes of at least 4 members (excludes halogenated alkanes) is 25. The lowest BCUT2D eigenvalue weighted by atomic mass is 10.0. The van der Waals surface area contributed by atoms with Gasteiger partial charge in [0.05, 0.1) is 0 Å². The van der Waals surface area contributed by atoms with Crippen LogP contribution in [-0.2, 0) is 0 Å². The van der Waals surface area contributed by atoms with Crippen LogP contribution < -0.4 is 0 Å². The summed E-state index contributed by atoms with van der Waals surface area (Å²) in [6.07, 6.45) is 47.0. The van der Waals surface area contributed by atoms with Crippen LogP contribution in [0.4, 0.5) is 0 Å². The van der Waals surface area contributed by atoms with E-state index in [2.05, 4.69) is 43.0 Å². The largest absolute Gasteiger partial charge is 0.356 e. The standard InChI is InChI=1S/C37H74N2/c1-4-7-10-13-15-16-17-18-19-20-21-22-23-24-25-28-31-34-39-36-35-38(33-30-27-12-9-6-3)37(39)32-29-26-14-11-8-5-2/h35-37H,4-34H2,1-3H3. The summed E-state index contributed by atoms with van der Waals surface area (Å²) in [5.74, 6) is 0. The van der Waals surface area contributed by atoms with Crippen molar-refractivity contribution in [2.24, 2.45) is 0 Å². The van der Waals surface area contributed by atoms with E-state index in [4.69, 9.17) is 0 Å². The molecule has 0 aliphatic carbocycles. The van der Waals surface area contributed by atoms with Crippen LogP contribution in [-0.4, -0.2) is 29.1 Å². The van der Waals surface area contributed by atoms with Crippen molar-refractivity contribution in [2.45, 2.75) is 213 Å². The fraction of sp³-hybridized carbons (Fsp3) is 0.946. The molecule has 0 spiro atoms. The topological polar surface area (TPSA) is 6.48 Å². The van der Waals surface area contributed by atoms with Crippen LogP contribution in [0.25, 0.3) is 0 Å². The smallest absolute Gasteiger partial charge is 0.101 e. The molecule has 0 fully saturated rings. The molecule has 0 N–H and O–H groups in total. The Morgan fingerprint density at radius 1 is 0.333 bits per heavy atom. The maximum atomic E-state index is 2.70. The van der Waals surface area contributed by atoms with E-state index in [1.165, 1.54) is 199 Å². The Bertz CT molecular complexity index is 502. The van der Waals surface area contributed by atoms with E-state index in [1.807, 2.05) is 0 Å². The van der Waals surface area contributed by atoms with Gasteiger partial charge in [-0.25, -0.2) is 0 Å². The Kier molecular flexibility index (Phi) is 26.9. The van der Waals surface area contributed by atoms with E-state index in [0.29, 0.717) is 6.17 Å². The normalized spacial score (nSPS) is 15.2. The average molecular weight is 547 g/mol. The van der Waals surface area contributed by atoms with Crippen molar-refractivity contribution in [3.05, 3.63) is 12.4 Å². The Hall–Kier alpha value is -0.660. The minimum Gasteiger partial charge on any atom is -0.356 e. The quantitative estimate of drug-likeness (QED) is 0.0798. The second-order valence-electron chi connectivity index (χ2n) is 12.9. The molecule has 2 heteroatoms. The van der Waals surface area contributed by atoms with Gasteiger partial charge in [0, 0.05) is 25.5 Å². The molecule has 0 saturated carbocycles. The van der Waals surface area contributed by atoms with Gasteiger partial charge in [0.1, 0.15) is 6.17 Å². The van der Waals surface area contributed by atoms with E-state index in [1.54, 1.807) is 0 Å². The summed E-state index contributed by atoms with van der Waals surface area (Å²) in [6.45, 7) is 9.47. The zero-order valence-electron chi connectivity index (χ0n) is 27.5. The Morgan fingerprint density at radius 2 is 0.590 bits per heavy atom. The van der Waals surface area contributed by atoms with Crippen molar-refractivity contribution >= 4 is 0 Å². The predicted octanol–water partition coefficient (Wildman–Crippen LogP) is 12.8. The van der Waals surface area contributed by atoms with E-state index in [-0.39, 0.29) is 0 Å². The third-order valence-corrected chi connectivity index (χ3v) is 9.07. The van der Waals surface area contributed by atoms with Crippen molar-refractivity contribution in [1.29, 1.82) is 0 Å². The highest BCUT2D eigenvalue weighted by molar-refractivity contribution is 4.97. The number of hydrogen-bond donors (Lipinski definition) is 0. The molecule has 1 rings (SSSR count). The molecule has 0 aromatic heterocycles. The van der Waals surface area contributed by atoms with Gasteiger partial charge in [-0.15, -0.1) is 0 Å². The summed E-state index contributed by atoms with van der Waals surface area (Å²) in [7, 11) is 0. The van der Waals surface area contributed by atoms with E-state index >= 15 is 0 Å². The van der Waals surface area contributed by atoms with Gasteiger partial charge in [0.2, 0.25) is 0 Å². The summed E-state index contributed by atoms with van der Waals surface area (Å²) < 4.78 is 0. The number of nitrogens with zero attached hydrogens (tertiary/aromatic N) is 2. The van der Waals surface area contributed by atoms with Gasteiger partial charge in [0.15, 0.2) is 0 Å². The Balaban J connectivity index is 2.06. The first-order valence-electron chi connectivity index (χ1n) is 18.5. The minimum absolute atomic E-state index is 0.642. The van der Waals surface area contributed by atoms with Crippen LogP contribution in [0.3, 0.4) is 0 Å². The van der Waals surface area contributed by atoms with Gasteiger partial charge in [-0.2, -0.15) is 0 Å². The first-order chi connectivity index (χ1) is 19.3. The molecule has 0 saturated heterocycles. The molecule has 0 aromatic carbocycles. The van der Waals surface area contributed by atoms with Crippen LogP contribution in [0, 0.1) is 0 Å². The summed E-state index contributed by atoms with van der Waals surface area (Å²) >= 11 is 0. The second-order valence-corrected chi connectivity index (χ2v) is 12.9. The summed E-state index contributed by atoms with van der Waals surface area (Å²) in [5.41, 5.74) is 0. The SMILES string of the molecule is CCCCCCCCCCCCCCCCCCCN1C=CN(CCCCCCC)C1CCCCCCCC. The predicted molar refractivity (Wildman–Crippen MR) is 177 cm³/mol. The molecule has 0 radical (unpaired) electrons. The maximum absolute atomic E-state index is 2.70. The highest BCUT2D eigenvalue weighted by Crippen LogP contribution is 2.24. The lowest BCUT2D eigenvalue weighted by Crippen LogP contribution is -2.39. The average Bonchev–Trinajstić information content (AvgIpc) is 3.33. The third kappa shape index (κ3) is 21.7. The number of hydrogen-bond acceptors (Lipinski definition) is 2. The van der Waals surface area contributed by atoms with Gasteiger partial charge in [-0.1, -0.05) is 181 Å². The highest BCUT2D eigenvalue weighted by atomic mass is 15.4. The lowest BCUT2D eigenvalue weighted by Gasteiger charge is -2.33. The molecular weight excluding hydrogens is 472 g/mol. The van der Waals surface area contributed by atoms with E-state index in [0.717, 1.165) is 0 Å². The monoisotopic (exact) mass is 547 g/mol. The molecule has 0 aromatic rings. The van der Waals surface area contributed by atoms with Crippen LogP contribution >= 0.6 is 0 Å². The fourth-order valence-corrected chi connectivity index (χ4v) is 6.36. The molecule has 2 nitrogen and oxygen atoms in total. The first-order valence-corrected chi connectivity index (χ1v) is 18.5. The molecule has 232 valence electrons. The van der Waals surface area contributed by atoms with Crippen LogP contribution in [0.15, 0.2) is 12.4 Å². The van der Waals surface area contributed by atoms with Gasteiger partial charge in [-0.3, -0.25) is 0 Å². The van der Waals surface area contributed by atoms with Crippen LogP contribution in [0.5, 0.6) is 0 Å². The molecule has 39 heavy (non-hydrogen) atoms. The zero-order valence-corrected chi connectivity index (χ0v) is 27.5. The van der Waals surface area contributed by atoms with Crippen LogP contribution in [0.1, 0.15) is 207 Å². The zero-order chi connectivity index (χ0) is 28.1. The van der Waals surface area contributed by atoms with Gasteiger partial charge in [-0.05, 0) is 25.7 Å². The molecule has 1 heterocycles. The van der Waals surface area contributed by atoms with E-state index in [9.17, 15) is 0 Å². The lowest BCUT2D eigenvalue weighted by molar-refractivity contribution is 0.135. The summed E-state index contributed by atoms with van der Waals surface area (Å²) in [5, 5.41) is 0.